The van der Waals surface area contributed by atoms with Crippen LogP contribution in [0, 0.1) is 0 Å². The lowest BCUT2D eigenvalue weighted by Crippen LogP contribution is -2.37. The van der Waals surface area contributed by atoms with E-state index in [1.165, 1.54) is 0 Å². The Morgan fingerprint density at radius 2 is 1.92 bits per heavy atom. The van der Waals surface area contributed by atoms with Crippen molar-refractivity contribution in [2.75, 3.05) is 19.7 Å². The van der Waals surface area contributed by atoms with Gasteiger partial charge in [-0.1, -0.05) is 6.92 Å². The van der Waals surface area contributed by atoms with Crippen LogP contribution < -0.4 is 0 Å². The number of aliphatic hydroxyl groups excluding tert-OH is 1. The molecular weight excluding hydrogens is 204 g/mol. The van der Waals surface area contributed by atoms with Crippen molar-refractivity contribution in [3.05, 3.63) is 0 Å². The average Bonchev–Trinajstić information content (AvgIpc) is 2.03. The summed E-state index contributed by atoms with van der Waals surface area (Å²) in [6.07, 6.45) is 0.436. The van der Waals surface area contributed by atoms with Gasteiger partial charge in [0.25, 0.3) is 10.0 Å². The first-order valence-corrected chi connectivity index (χ1v) is 5.35. The molecule has 1 N–H and O–H groups in total. The summed E-state index contributed by atoms with van der Waals surface area (Å²) in [5.74, 6) is -3.41. The van der Waals surface area contributed by atoms with Gasteiger partial charge >= 0.3 is 5.76 Å². The molecule has 0 unspecified atom stereocenters. The van der Waals surface area contributed by atoms with Gasteiger partial charge in [-0.15, -0.1) is 0 Å². The van der Waals surface area contributed by atoms with Crippen LogP contribution in [0.25, 0.3) is 0 Å². The molecule has 0 spiro atoms. The number of alkyl halides is 2. The summed E-state index contributed by atoms with van der Waals surface area (Å²) in [5, 5.41) is 8.46. The standard InChI is InChI=1S/C6H13F2NO3S/c1-2-3-9(4-5-10)13(11,12)6(7)8/h6,10H,2-5H2,1H3. The van der Waals surface area contributed by atoms with Gasteiger partial charge in [0, 0.05) is 13.1 Å². The third-order valence-electron chi connectivity index (χ3n) is 1.41. The molecule has 7 heteroatoms. The highest BCUT2D eigenvalue weighted by Crippen LogP contribution is 2.11. The largest absolute Gasteiger partial charge is 0.395 e. The van der Waals surface area contributed by atoms with E-state index in [0.717, 1.165) is 0 Å². The molecule has 0 fully saturated rings. The van der Waals surface area contributed by atoms with Crippen LogP contribution in [0.2, 0.25) is 0 Å². The zero-order valence-electron chi connectivity index (χ0n) is 7.28. The first-order chi connectivity index (χ1) is 5.96. The van der Waals surface area contributed by atoms with Crippen LogP contribution in [0.5, 0.6) is 0 Å². The SMILES string of the molecule is CCCN(CCO)S(=O)(=O)C(F)F. The predicted molar refractivity (Wildman–Crippen MR) is 43.9 cm³/mol. The molecule has 0 aliphatic rings. The normalized spacial score (nSPS) is 12.8. The molecule has 0 aliphatic carbocycles. The van der Waals surface area contributed by atoms with Gasteiger partial charge < -0.3 is 5.11 Å². The van der Waals surface area contributed by atoms with Crippen LogP contribution in [-0.4, -0.2) is 43.3 Å². The molecule has 0 heterocycles. The zero-order valence-corrected chi connectivity index (χ0v) is 8.10. The third-order valence-corrected chi connectivity index (χ3v) is 2.94. The fraction of sp³-hybridized carbons (Fsp3) is 1.00. The van der Waals surface area contributed by atoms with Gasteiger partial charge in [-0.25, -0.2) is 8.42 Å². The lowest BCUT2D eigenvalue weighted by atomic mass is 10.5. The van der Waals surface area contributed by atoms with Crippen LogP contribution in [-0.2, 0) is 10.0 Å². The summed E-state index contributed by atoms with van der Waals surface area (Å²) in [6.45, 7) is 0.949. The summed E-state index contributed by atoms with van der Waals surface area (Å²) in [7, 11) is -4.52. The number of nitrogens with zero attached hydrogens (tertiary/aromatic N) is 1. The Hall–Kier alpha value is -0.270. The van der Waals surface area contributed by atoms with Crippen molar-refractivity contribution in [3.63, 3.8) is 0 Å². The molecule has 0 bridgehead atoms. The average molecular weight is 217 g/mol. The number of hydrogen-bond donors (Lipinski definition) is 1. The highest BCUT2D eigenvalue weighted by atomic mass is 32.2. The van der Waals surface area contributed by atoms with Crippen molar-refractivity contribution in [2.45, 2.75) is 19.1 Å². The van der Waals surface area contributed by atoms with Gasteiger partial charge in [0.2, 0.25) is 0 Å². The highest BCUT2D eigenvalue weighted by Gasteiger charge is 2.30. The summed E-state index contributed by atoms with van der Waals surface area (Å²) in [5.41, 5.74) is 0. The molecule has 0 rings (SSSR count). The number of sulfonamides is 1. The molecule has 0 amide bonds. The quantitative estimate of drug-likeness (QED) is 0.693. The second kappa shape index (κ2) is 5.46. The molecular formula is C6H13F2NO3S. The summed E-state index contributed by atoms with van der Waals surface area (Å²) in [6, 6.07) is 0. The molecule has 0 atom stereocenters. The molecule has 0 aromatic heterocycles. The summed E-state index contributed by atoms with van der Waals surface area (Å²) >= 11 is 0. The van der Waals surface area contributed by atoms with Crippen molar-refractivity contribution in [2.24, 2.45) is 0 Å². The van der Waals surface area contributed by atoms with Crippen LogP contribution >= 0.6 is 0 Å². The first-order valence-electron chi connectivity index (χ1n) is 3.84. The Labute approximate surface area is 76.2 Å². The van der Waals surface area contributed by atoms with Gasteiger partial charge in [-0.2, -0.15) is 13.1 Å². The fourth-order valence-electron chi connectivity index (χ4n) is 0.840. The number of rotatable bonds is 6. The Morgan fingerprint density at radius 3 is 2.23 bits per heavy atom. The van der Waals surface area contributed by atoms with Gasteiger partial charge in [-0.05, 0) is 6.42 Å². The van der Waals surface area contributed by atoms with Gasteiger partial charge in [0.05, 0.1) is 6.61 Å². The van der Waals surface area contributed by atoms with E-state index in [0.29, 0.717) is 10.7 Å². The minimum Gasteiger partial charge on any atom is -0.395 e. The minimum atomic E-state index is -4.52. The van der Waals surface area contributed by atoms with Gasteiger partial charge in [0.15, 0.2) is 0 Å². The van der Waals surface area contributed by atoms with Crippen molar-refractivity contribution in [1.82, 2.24) is 4.31 Å². The molecule has 0 saturated heterocycles. The summed E-state index contributed by atoms with van der Waals surface area (Å²) < 4.78 is 46.3. The van der Waals surface area contributed by atoms with Gasteiger partial charge in [-0.3, -0.25) is 0 Å². The van der Waals surface area contributed by atoms with E-state index in [9.17, 15) is 17.2 Å². The Kier molecular flexibility index (Phi) is 5.34. The third kappa shape index (κ3) is 3.53. The van der Waals surface area contributed by atoms with E-state index in [-0.39, 0.29) is 13.1 Å². The second-order valence-corrected chi connectivity index (χ2v) is 4.33. The second-order valence-electron chi connectivity index (χ2n) is 2.43. The van der Waals surface area contributed by atoms with Crippen molar-refractivity contribution in [1.29, 1.82) is 0 Å². The zero-order chi connectivity index (χ0) is 10.5. The Balaban J connectivity index is 4.52. The van der Waals surface area contributed by atoms with Crippen molar-refractivity contribution < 1.29 is 22.3 Å². The molecule has 0 aliphatic heterocycles. The Morgan fingerprint density at radius 1 is 1.38 bits per heavy atom. The van der Waals surface area contributed by atoms with Crippen LogP contribution in [0.3, 0.4) is 0 Å². The molecule has 80 valence electrons. The van der Waals surface area contributed by atoms with E-state index < -0.39 is 22.4 Å². The summed E-state index contributed by atoms with van der Waals surface area (Å²) in [4.78, 5) is 0. The number of hydrogen-bond acceptors (Lipinski definition) is 3. The van der Waals surface area contributed by atoms with Crippen LogP contribution in [0.15, 0.2) is 0 Å². The van der Waals surface area contributed by atoms with E-state index in [1.54, 1.807) is 6.92 Å². The smallest absolute Gasteiger partial charge is 0.350 e. The molecule has 0 saturated carbocycles. The number of aliphatic hydroxyl groups is 1. The van der Waals surface area contributed by atoms with E-state index in [1.807, 2.05) is 0 Å². The molecule has 0 aromatic carbocycles. The molecule has 13 heavy (non-hydrogen) atoms. The first kappa shape index (κ1) is 12.7. The maximum Gasteiger partial charge on any atom is 0.350 e. The fourth-order valence-corrected chi connectivity index (χ4v) is 1.84. The van der Waals surface area contributed by atoms with Gasteiger partial charge in [0.1, 0.15) is 0 Å². The Bertz CT molecular complexity index is 224. The topological polar surface area (TPSA) is 57.6 Å². The minimum absolute atomic E-state index is 0.00718. The van der Waals surface area contributed by atoms with Crippen LogP contribution in [0.4, 0.5) is 8.78 Å². The maximum absolute atomic E-state index is 12.0. The molecule has 0 aromatic rings. The predicted octanol–water partition coefficient (Wildman–Crippen LogP) is 0.243. The monoisotopic (exact) mass is 217 g/mol. The maximum atomic E-state index is 12.0. The lowest BCUT2D eigenvalue weighted by Gasteiger charge is -2.19. The van der Waals surface area contributed by atoms with Crippen LogP contribution in [0.1, 0.15) is 13.3 Å². The molecule has 0 radical (unpaired) electrons. The highest BCUT2D eigenvalue weighted by molar-refractivity contribution is 7.89. The number of halogens is 2. The molecule has 4 nitrogen and oxygen atoms in total. The van der Waals surface area contributed by atoms with E-state index >= 15 is 0 Å². The van der Waals surface area contributed by atoms with Crippen molar-refractivity contribution >= 4 is 10.0 Å². The van der Waals surface area contributed by atoms with E-state index in [4.69, 9.17) is 5.11 Å². The van der Waals surface area contributed by atoms with E-state index in [2.05, 4.69) is 0 Å². The lowest BCUT2D eigenvalue weighted by molar-refractivity contribution is 0.206. The van der Waals surface area contributed by atoms with Crippen molar-refractivity contribution in [3.8, 4) is 0 Å².